The number of aromatic nitrogens is 4. The van der Waals surface area contributed by atoms with Crippen molar-refractivity contribution < 1.29 is 9.47 Å². The highest BCUT2D eigenvalue weighted by atomic mass is 16.6. The van der Waals surface area contributed by atoms with Crippen LogP contribution in [-0.2, 0) is 20.6 Å². The van der Waals surface area contributed by atoms with Gasteiger partial charge >= 0.3 is 5.69 Å². The van der Waals surface area contributed by atoms with Gasteiger partial charge in [-0.1, -0.05) is 6.07 Å². The number of aryl methyl sites for hydroxylation is 3. The molecule has 0 fully saturated rings. The van der Waals surface area contributed by atoms with Gasteiger partial charge in [-0.3, -0.25) is 18.5 Å². The zero-order chi connectivity index (χ0) is 18.6. The molecule has 0 N–H and O–H groups in total. The smallest absolute Gasteiger partial charge is 0.332 e. The molecule has 2 aromatic heterocycles. The number of ether oxygens (including phenoxy) is 2. The van der Waals surface area contributed by atoms with Crippen molar-refractivity contribution in [2.75, 3.05) is 6.61 Å². The van der Waals surface area contributed by atoms with Crippen molar-refractivity contribution in [2.45, 2.75) is 26.5 Å². The Morgan fingerprint density at radius 1 is 1.19 bits per heavy atom. The van der Waals surface area contributed by atoms with E-state index in [1.807, 2.05) is 25.1 Å². The lowest BCUT2D eigenvalue weighted by atomic mass is 10.1. The standard InChI is InChI=1S/C18H20N4O4/c1-10-5-6-12(7-11(10)2)25-9-13-8-22-14-15(19-17(22)26-13)20(3)18(24)21(4)16(14)23/h5-7,13H,8-9H2,1-4H3. The normalized spacial score (nSPS) is 15.9. The predicted octanol–water partition coefficient (Wildman–Crippen LogP) is 0.891. The second kappa shape index (κ2) is 5.76. The Morgan fingerprint density at radius 2 is 1.96 bits per heavy atom. The van der Waals surface area contributed by atoms with Crippen molar-refractivity contribution in [1.29, 1.82) is 0 Å². The first kappa shape index (κ1) is 16.4. The average molecular weight is 356 g/mol. The van der Waals surface area contributed by atoms with E-state index in [0.717, 1.165) is 15.9 Å². The predicted molar refractivity (Wildman–Crippen MR) is 96.0 cm³/mol. The van der Waals surface area contributed by atoms with E-state index in [0.29, 0.717) is 30.3 Å². The highest BCUT2D eigenvalue weighted by Gasteiger charge is 2.30. The summed E-state index contributed by atoms with van der Waals surface area (Å²) in [6.45, 7) is 4.89. The van der Waals surface area contributed by atoms with Crippen LogP contribution in [0.2, 0.25) is 0 Å². The van der Waals surface area contributed by atoms with E-state index in [1.165, 1.54) is 17.2 Å². The Balaban J connectivity index is 1.59. The summed E-state index contributed by atoms with van der Waals surface area (Å²) in [6, 6.07) is 6.27. The molecule has 1 aliphatic heterocycles. The first-order valence-electron chi connectivity index (χ1n) is 8.39. The molecule has 8 heteroatoms. The van der Waals surface area contributed by atoms with Crippen molar-refractivity contribution >= 4 is 11.2 Å². The lowest BCUT2D eigenvalue weighted by Gasteiger charge is -2.13. The van der Waals surface area contributed by atoms with Gasteiger partial charge in [0, 0.05) is 14.1 Å². The summed E-state index contributed by atoms with van der Waals surface area (Å²) in [4.78, 5) is 28.8. The largest absolute Gasteiger partial charge is 0.490 e. The van der Waals surface area contributed by atoms with Gasteiger partial charge in [0.2, 0.25) is 0 Å². The first-order valence-corrected chi connectivity index (χ1v) is 8.39. The van der Waals surface area contributed by atoms with Crippen molar-refractivity contribution in [3.05, 3.63) is 50.2 Å². The summed E-state index contributed by atoms with van der Waals surface area (Å²) in [5, 5.41) is 0. The molecule has 0 amide bonds. The maximum Gasteiger partial charge on any atom is 0.332 e. The quantitative estimate of drug-likeness (QED) is 0.696. The molecule has 3 heterocycles. The number of rotatable bonds is 3. The molecule has 0 bridgehead atoms. The molecule has 1 atom stereocenters. The third kappa shape index (κ3) is 2.40. The third-order valence-corrected chi connectivity index (χ3v) is 4.89. The van der Waals surface area contributed by atoms with Crippen LogP contribution < -0.4 is 20.7 Å². The van der Waals surface area contributed by atoms with Crippen LogP contribution in [0.3, 0.4) is 0 Å². The summed E-state index contributed by atoms with van der Waals surface area (Å²) in [6.07, 6.45) is -0.245. The number of imidazole rings is 1. The Morgan fingerprint density at radius 3 is 2.69 bits per heavy atom. The number of benzene rings is 1. The fourth-order valence-electron chi connectivity index (χ4n) is 3.16. The lowest BCUT2D eigenvalue weighted by Crippen LogP contribution is -2.37. The second-order valence-corrected chi connectivity index (χ2v) is 6.68. The highest BCUT2D eigenvalue weighted by molar-refractivity contribution is 5.72. The number of fused-ring (bicyclic) bond motifs is 3. The van der Waals surface area contributed by atoms with Crippen molar-refractivity contribution in [3.8, 4) is 11.8 Å². The molecule has 1 aromatic carbocycles. The molecule has 1 unspecified atom stereocenters. The summed E-state index contributed by atoms with van der Waals surface area (Å²) < 4.78 is 15.8. The first-order chi connectivity index (χ1) is 12.4. The van der Waals surface area contributed by atoms with E-state index >= 15 is 0 Å². The van der Waals surface area contributed by atoms with Crippen LogP contribution in [0.25, 0.3) is 11.2 Å². The molecule has 3 aromatic rings. The molecule has 8 nitrogen and oxygen atoms in total. The van der Waals surface area contributed by atoms with Crippen LogP contribution >= 0.6 is 0 Å². The van der Waals surface area contributed by atoms with E-state index in [2.05, 4.69) is 11.9 Å². The molecule has 0 saturated heterocycles. The second-order valence-electron chi connectivity index (χ2n) is 6.68. The van der Waals surface area contributed by atoms with Gasteiger partial charge in [0.15, 0.2) is 17.3 Å². The molecular formula is C18H20N4O4. The van der Waals surface area contributed by atoms with Gasteiger partial charge in [-0.05, 0) is 37.1 Å². The molecule has 0 radical (unpaired) electrons. The molecule has 136 valence electrons. The Bertz CT molecular complexity index is 1140. The maximum atomic E-state index is 12.5. The molecule has 0 spiro atoms. The summed E-state index contributed by atoms with van der Waals surface area (Å²) >= 11 is 0. The van der Waals surface area contributed by atoms with Crippen molar-refractivity contribution in [3.63, 3.8) is 0 Å². The summed E-state index contributed by atoms with van der Waals surface area (Å²) in [5.74, 6) is 0.782. The van der Waals surface area contributed by atoms with Gasteiger partial charge in [0.25, 0.3) is 11.6 Å². The molecule has 0 saturated carbocycles. The van der Waals surface area contributed by atoms with E-state index < -0.39 is 5.69 Å². The number of hydrogen-bond acceptors (Lipinski definition) is 5. The van der Waals surface area contributed by atoms with Crippen LogP contribution in [0.5, 0.6) is 11.8 Å². The highest BCUT2D eigenvalue weighted by Crippen LogP contribution is 2.26. The monoisotopic (exact) mass is 356 g/mol. The number of hydrogen-bond donors (Lipinski definition) is 0. The minimum Gasteiger partial charge on any atom is -0.490 e. The van der Waals surface area contributed by atoms with Crippen LogP contribution in [-0.4, -0.2) is 31.4 Å². The van der Waals surface area contributed by atoms with Gasteiger partial charge in [0.1, 0.15) is 12.4 Å². The summed E-state index contributed by atoms with van der Waals surface area (Å²) in [5.41, 5.74) is 2.30. The zero-order valence-electron chi connectivity index (χ0n) is 15.1. The topological polar surface area (TPSA) is 80.3 Å². The minimum absolute atomic E-state index is 0.245. The van der Waals surface area contributed by atoms with Crippen LogP contribution in [0.4, 0.5) is 0 Å². The SMILES string of the molecule is Cc1ccc(OCC2Cn3c(nc4c3c(=O)n(C)c(=O)n4C)O2)cc1C. The van der Waals surface area contributed by atoms with E-state index in [-0.39, 0.29) is 11.7 Å². The lowest BCUT2D eigenvalue weighted by molar-refractivity contribution is 0.143. The molecular weight excluding hydrogens is 336 g/mol. The van der Waals surface area contributed by atoms with Crippen LogP contribution in [0.15, 0.2) is 27.8 Å². The van der Waals surface area contributed by atoms with Gasteiger partial charge in [-0.25, -0.2) is 4.79 Å². The van der Waals surface area contributed by atoms with Gasteiger partial charge in [-0.15, -0.1) is 0 Å². The zero-order valence-corrected chi connectivity index (χ0v) is 15.1. The fourth-order valence-corrected chi connectivity index (χ4v) is 3.16. The van der Waals surface area contributed by atoms with Gasteiger partial charge in [-0.2, -0.15) is 4.98 Å². The molecule has 0 aliphatic carbocycles. The van der Waals surface area contributed by atoms with Gasteiger partial charge < -0.3 is 9.47 Å². The van der Waals surface area contributed by atoms with Crippen LogP contribution in [0, 0.1) is 13.8 Å². The Hall–Kier alpha value is -3.03. The molecule has 26 heavy (non-hydrogen) atoms. The fraction of sp³-hybridized carbons (Fsp3) is 0.389. The maximum absolute atomic E-state index is 12.5. The van der Waals surface area contributed by atoms with Crippen molar-refractivity contribution in [1.82, 2.24) is 18.7 Å². The van der Waals surface area contributed by atoms with Crippen molar-refractivity contribution in [2.24, 2.45) is 14.1 Å². The Labute approximate surface area is 149 Å². The van der Waals surface area contributed by atoms with Crippen LogP contribution in [0.1, 0.15) is 11.1 Å². The Kier molecular flexibility index (Phi) is 3.64. The van der Waals surface area contributed by atoms with E-state index in [1.54, 1.807) is 11.6 Å². The summed E-state index contributed by atoms with van der Waals surface area (Å²) in [7, 11) is 3.05. The average Bonchev–Trinajstić information content (AvgIpc) is 3.16. The molecule has 1 aliphatic rings. The van der Waals surface area contributed by atoms with Gasteiger partial charge in [0.05, 0.1) is 6.54 Å². The van der Waals surface area contributed by atoms with E-state index in [4.69, 9.17) is 9.47 Å². The molecule has 4 rings (SSSR count). The third-order valence-electron chi connectivity index (χ3n) is 4.89. The number of nitrogens with zero attached hydrogens (tertiary/aromatic N) is 4. The minimum atomic E-state index is -0.408. The van der Waals surface area contributed by atoms with E-state index in [9.17, 15) is 9.59 Å².